The van der Waals surface area contributed by atoms with E-state index >= 15 is 0 Å². The second-order valence-corrected chi connectivity index (χ2v) is 9.14. The van der Waals surface area contributed by atoms with Gasteiger partial charge in [-0.2, -0.15) is 10.2 Å². The lowest BCUT2D eigenvalue weighted by molar-refractivity contribution is 0.0955. The van der Waals surface area contributed by atoms with Crippen LogP contribution in [0.1, 0.15) is 61.6 Å². The number of aromatic hydroxyl groups is 1. The number of phenols is 1. The van der Waals surface area contributed by atoms with Gasteiger partial charge in [-0.05, 0) is 97.2 Å². The molecule has 0 saturated heterocycles. The summed E-state index contributed by atoms with van der Waals surface area (Å²) in [5.41, 5.74) is 5.03. The van der Waals surface area contributed by atoms with Gasteiger partial charge in [0.1, 0.15) is 11.6 Å². The van der Waals surface area contributed by atoms with Crippen molar-refractivity contribution in [2.75, 3.05) is 0 Å². The van der Waals surface area contributed by atoms with Gasteiger partial charge in [0, 0.05) is 11.1 Å². The number of hydrogen-bond donors (Lipinski definition) is 1. The minimum Gasteiger partial charge on any atom is -0.508 e. The summed E-state index contributed by atoms with van der Waals surface area (Å²) in [6, 6.07) is 12.3. The van der Waals surface area contributed by atoms with E-state index < -0.39 is 0 Å². The molecular formula is C25H27FN2O. The van der Waals surface area contributed by atoms with Crippen molar-refractivity contribution in [3.8, 4) is 5.75 Å². The number of benzene rings is 2. The van der Waals surface area contributed by atoms with Crippen LogP contribution in [-0.2, 0) is 6.42 Å². The highest BCUT2D eigenvalue weighted by Gasteiger charge is 2.53. The molecule has 4 unspecified atom stereocenters. The molecule has 2 aromatic rings. The maximum absolute atomic E-state index is 13.1. The van der Waals surface area contributed by atoms with Crippen LogP contribution in [0.5, 0.6) is 5.75 Å². The standard InChI is InChI=1S/C25H27FN2O/c1-25-13-12-21-20-9-7-19(29)14-17(20)4-8-22(21)23(25)10-11-24(25)28-27-15-16-2-5-18(26)6-3-16/h2-3,5-7,9,14-15,21-23,29H,4,8,10-13H2,1H3/b27-15+,28-24+. The molecule has 5 rings (SSSR count). The van der Waals surface area contributed by atoms with Crippen LogP contribution >= 0.6 is 0 Å². The Kier molecular flexibility index (Phi) is 4.53. The second kappa shape index (κ2) is 7.08. The maximum atomic E-state index is 13.1. The molecule has 0 radical (unpaired) electrons. The first-order valence-corrected chi connectivity index (χ1v) is 10.7. The summed E-state index contributed by atoms with van der Waals surface area (Å²) in [5.74, 6) is 2.11. The Bertz CT molecular complexity index is 981. The third kappa shape index (κ3) is 3.19. The van der Waals surface area contributed by atoms with Crippen molar-refractivity contribution in [1.82, 2.24) is 0 Å². The molecule has 3 aliphatic carbocycles. The van der Waals surface area contributed by atoms with Gasteiger partial charge in [0.2, 0.25) is 0 Å². The average Bonchev–Trinajstić information content (AvgIpc) is 3.05. The van der Waals surface area contributed by atoms with E-state index in [1.807, 2.05) is 12.1 Å². The Morgan fingerprint density at radius 1 is 1.07 bits per heavy atom. The molecule has 1 N–H and O–H groups in total. The average molecular weight is 391 g/mol. The van der Waals surface area contributed by atoms with Gasteiger partial charge < -0.3 is 5.11 Å². The number of fused-ring (bicyclic) bond motifs is 5. The van der Waals surface area contributed by atoms with E-state index in [2.05, 4.69) is 23.2 Å². The topological polar surface area (TPSA) is 45.0 Å². The number of aryl methyl sites for hydroxylation is 1. The zero-order valence-corrected chi connectivity index (χ0v) is 16.8. The first kappa shape index (κ1) is 18.5. The number of halogens is 1. The molecule has 0 aromatic heterocycles. The summed E-state index contributed by atoms with van der Waals surface area (Å²) in [7, 11) is 0. The third-order valence-electron chi connectivity index (χ3n) is 7.71. The van der Waals surface area contributed by atoms with E-state index in [9.17, 15) is 9.50 Å². The van der Waals surface area contributed by atoms with Crippen molar-refractivity contribution in [2.24, 2.45) is 27.5 Å². The molecule has 150 valence electrons. The van der Waals surface area contributed by atoms with Gasteiger partial charge in [-0.3, -0.25) is 0 Å². The summed E-state index contributed by atoms with van der Waals surface area (Å²) in [4.78, 5) is 0. The Morgan fingerprint density at radius 3 is 2.72 bits per heavy atom. The molecule has 0 spiro atoms. The van der Waals surface area contributed by atoms with Crippen molar-refractivity contribution in [3.63, 3.8) is 0 Å². The van der Waals surface area contributed by atoms with Crippen molar-refractivity contribution >= 4 is 11.9 Å². The van der Waals surface area contributed by atoms with Crippen LogP contribution in [0.3, 0.4) is 0 Å². The van der Waals surface area contributed by atoms with E-state index in [0.29, 0.717) is 23.5 Å². The monoisotopic (exact) mass is 390 g/mol. The SMILES string of the molecule is CC12CCC3c4ccc(O)cc4CCC3C1CC/C2=N\N=C\c1ccc(F)cc1. The summed E-state index contributed by atoms with van der Waals surface area (Å²) in [6.07, 6.45) is 8.52. The molecule has 4 atom stereocenters. The molecule has 0 amide bonds. The Labute approximate surface area is 171 Å². The number of rotatable bonds is 2. The lowest BCUT2D eigenvalue weighted by Crippen LogP contribution is -2.42. The van der Waals surface area contributed by atoms with Crippen LogP contribution in [0.4, 0.5) is 4.39 Å². The first-order valence-electron chi connectivity index (χ1n) is 10.7. The van der Waals surface area contributed by atoms with Gasteiger partial charge >= 0.3 is 0 Å². The van der Waals surface area contributed by atoms with Crippen molar-refractivity contribution in [3.05, 3.63) is 65.0 Å². The molecule has 3 aliphatic rings. The van der Waals surface area contributed by atoms with Crippen LogP contribution in [0.25, 0.3) is 0 Å². The number of phenolic OH excluding ortho intramolecular Hbond substituents is 1. The van der Waals surface area contributed by atoms with Gasteiger partial charge in [-0.1, -0.05) is 25.1 Å². The van der Waals surface area contributed by atoms with Gasteiger partial charge in [-0.25, -0.2) is 4.39 Å². The van der Waals surface area contributed by atoms with Crippen LogP contribution in [0.15, 0.2) is 52.7 Å². The minimum atomic E-state index is -0.236. The van der Waals surface area contributed by atoms with Crippen molar-refractivity contribution < 1.29 is 9.50 Å². The Hall–Kier alpha value is -2.49. The zero-order valence-electron chi connectivity index (χ0n) is 16.8. The fourth-order valence-corrected chi connectivity index (χ4v) is 6.24. The molecule has 3 nitrogen and oxygen atoms in total. The third-order valence-corrected chi connectivity index (χ3v) is 7.71. The highest BCUT2D eigenvalue weighted by atomic mass is 19.1. The van der Waals surface area contributed by atoms with Gasteiger partial charge in [0.25, 0.3) is 0 Å². The van der Waals surface area contributed by atoms with Crippen molar-refractivity contribution in [1.29, 1.82) is 0 Å². The van der Waals surface area contributed by atoms with Crippen LogP contribution in [0, 0.1) is 23.1 Å². The number of hydrogen-bond acceptors (Lipinski definition) is 3. The van der Waals surface area contributed by atoms with E-state index in [-0.39, 0.29) is 11.2 Å². The molecule has 0 aliphatic heterocycles. The molecule has 2 saturated carbocycles. The highest BCUT2D eigenvalue weighted by molar-refractivity contribution is 5.93. The lowest BCUT2D eigenvalue weighted by Gasteiger charge is -2.49. The summed E-state index contributed by atoms with van der Waals surface area (Å²) < 4.78 is 13.1. The predicted molar refractivity (Wildman–Crippen MR) is 114 cm³/mol. The Morgan fingerprint density at radius 2 is 1.90 bits per heavy atom. The van der Waals surface area contributed by atoms with E-state index in [4.69, 9.17) is 0 Å². The second-order valence-electron chi connectivity index (χ2n) is 9.14. The Balaban J connectivity index is 1.37. The van der Waals surface area contributed by atoms with E-state index in [1.54, 1.807) is 18.3 Å². The van der Waals surface area contributed by atoms with Crippen LogP contribution in [0.2, 0.25) is 0 Å². The van der Waals surface area contributed by atoms with Crippen molar-refractivity contribution in [2.45, 2.75) is 51.4 Å². The van der Waals surface area contributed by atoms with Gasteiger partial charge in [0.15, 0.2) is 0 Å². The zero-order chi connectivity index (χ0) is 20.0. The summed E-state index contributed by atoms with van der Waals surface area (Å²) in [6.45, 7) is 2.39. The van der Waals surface area contributed by atoms with E-state index in [1.165, 1.54) is 48.2 Å². The van der Waals surface area contributed by atoms with Crippen LogP contribution in [-0.4, -0.2) is 17.0 Å². The molecule has 29 heavy (non-hydrogen) atoms. The molecule has 0 bridgehead atoms. The molecule has 2 fully saturated rings. The molecule has 0 heterocycles. The quantitative estimate of drug-likeness (QED) is 0.506. The number of nitrogens with zero attached hydrogens (tertiary/aromatic N) is 2. The highest BCUT2D eigenvalue weighted by Crippen LogP contribution is 2.60. The minimum absolute atomic E-state index is 0.135. The maximum Gasteiger partial charge on any atom is 0.123 e. The van der Waals surface area contributed by atoms with Crippen LogP contribution < -0.4 is 0 Å². The van der Waals surface area contributed by atoms with E-state index in [0.717, 1.165) is 24.8 Å². The molecule has 2 aromatic carbocycles. The smallest absolute Gasteiger partial charge is 0.123 e. The normalized spacial score (nSPS) is 32.2. The molecule has 4 heteroatoms. The summed E-state index contributed by atoms with van der Waals surface area (Å²) in [5, 5.41) is 18.8. The largest absolute Gasteiger partial charge is 0.508 e. The van der Waals surface area contributed by atoms with Gasteiger partial charge in [-0.15, -0.1) is 0 Å². The first-order chi connectivity index (χ1) is 14.0. The predicted octanol–water partition coefficient (Wildman–Crippen LogP) is 5.86. The summed E-state index contributed by atoms with van der Waals surface area (Å²) >= 11 is 0. The fourth-order valence-electron chi connectivity index (χ4n) is 6.24. The fraction of sp³-hybridized carbons (Fsp3) is 0.440. The lowest BCUT2D eigenvalue weighted by atomic mass is 9.55. The van der Waals surface area contributed by atoms with Gasteiger partial charge in [0.05, 0.1) is 6.21 Å². The molecular weight excluding hydrogens is 363 g/mol.